The third-order valence-electron chi connectivity index (χ3n) is 4.82. The minimum atomic E-state index is 0.316. The van der Waals surface area contributed by atoms with Gasteiger partial charge in [0.25, 0.3) is 0 Å². The van der Waals surface area contributed by atoms with Crippen LogP contribution < -0.4 is 15.4 Å². The number of aryl methyl sites for hydroxylation is 1. The molecule has 0 spiro atoms. The van der Waals surface area contributed by atoms with Crippen molar-refractivity contribution in [1.82, 2.24) is 0 Å². The first-order chi connectivity index (χ1) is 10.2. The van der Waals surface area contributed by atoms with Crippen molar-refractivity contribution in [3.8, 4) is 5.75 Å². The smallest absolute Gasteiger partial charge is 0.120 e. The molecule has 3 nitrogen and oxygen atoms in total. The van der Waals surface area contributed by atoms with Gasteiger partial charge in [-0.2, -0.15) is 0 Å². The fourth-order valence-electron chi connectivity index (χ4n) is 3.66. The third-order valence-corrected chi connectivity index (χ3v) is 4.82. The first kappa shape index (κ1) is 14.7. The minimum absolute atomic E-state index is 0.316. The molecule has 0 radical (unpaired) electrons. The Morgan fingerprint density at radius 3 is 2.62 bits per heavy atom. The summed E-state index contributed by atoms with van der Waals surface area (Å²) in [5.74, 6) is 1.03. The summed E-state index contributed by atoms with van der Waals surface area (Å²) in [6.45, 7) is 4.28. The van der Waals surface area contributed by atoms with Crippen LogP contribution in [-0.2, 0) is 0 Å². The Balaban J connectivity index is 1.67. The molecule has 1 heterocycles. The van der Waals surface area contributed by atoms with Crippen molar-refractivity contribution in [2.24, 2.45) is 5.73 Å². The van der Waals surface area contributed by atoms with E-state index in [1.165, 1.54) is 49.8 Å². The Hall–Kier alpha value is -1.22. The first-order valence-corrected chi connectivity index (χ1v) is 8.50. The predicted octanol–water partition coefficient (Wildman–Crippen LogP) is 3.63. The summed E-state index contributed by atoms with van der Waals surface area (Å²) in [7, 11) is 0. The lowest BCUT2D eigenvalue weighted by molar-refractivity contribution is 0.155. The van der Waals surface area contributed by atoms with Gasteiger partial charge < -0.3 is 15.4 Å². The highest BCUT2D eigenvalue weighted by molar-refractivity contribution is 5.56. The molecule has 2 fully saturated rings. The number of ether oxygens (including phenoxy) is 1. The SMILES string of the molecule is Cc1cc(OC2CCCCC2)ccc1N1CCCC(N)C1. The molecule has 3 rings (SSSR count). The van der Waals surface area contributed by atoms with Gasteiger partial charge in [0.05, 0.1) is 6.10 Å². The zero-order chi connectivity index (χ0) is 14.7. The number of nitrogens with zero attached hydrogens (tertiary/aromatic N) is 1. The molecule has 1 unspecified atom stereocenters. The monoisotopic (exact) mass is 288 g/mol. The number of nitrogens with two attached hydrogens (primary N) is 1. The van der Waals surface area contributed by atoms with Gasteiger partial charge in [0.2, 0.25) is 0 Å². The molecule has 0 amide bonds. The van der Waals surface area contributed by atoms with Crippen molar-refractivity contribution in [2.75, 3.05) is 18.0 Å². The predicted molar refractivity (Wildman–Crippen MR) is 88.1 cm³/mol. The fraction of sp³-hybridized carbons (Fsp3) is 0.667. The van der Waals surface area contributed by atoms with Crippen molar-refractivity contribution < 1.29 is 4.74 Å². The molecule has 3 heteroatoms. The van der Waals surface area contributed by atoms with E-state index in [4.69, 9.17) is 10.5 Å². The van der Waals surface area contributed by atoms with Gasteiger partial charge in [-0.15, -0.1) is 0 Å². The lowest BCUT2D eigenvalue weighted by atomic mass is 9.98. The molecule has 1 aliphatic carbocycles. The lowest BCUT2D eigenvalue weighted by Gasteiger charge is -2.34. The highest BCUT2D eigenvalue weighted by Crippen LogP contribution is 2.29. The van der Waals surface area contributed by atoms with Crippen molar-refractivity contribution in [3.63, 3.8) is 0 Å². The van der Waals surface area contributed by atoms with Gasteiger partial charge in [-0.1, -0.05) is 6.42 Å². The van der Waals surface area contributed by atoms with E-state index in [9.17, 15) is 0 Å². The Labute approximate surface area is 128 Å². The summed E-state index contributed by atoms with van der Waals surface area (Å²) in [5, 5.41) is 0. The number of rotatable bonds is 3. The van der Waals surface area contributed by atoms with E-state index < -0.39 is 0 Å². The molecule has 2 aliphatic rings. The summed E-state index contributed by atoms with van der Waals surface area (Å²) >= 11 is 0. The molecular formula is C18H28N2O. The van der Waals surface area contributed by atoms with E-state index in [2.05, 4.69) is 30.0 Å². The quantitative estimate of drug-likeness (QED) is 0.923. The van der Waals surface area contributed by atoms with Gasteiger partial charge in [0, 0.05) is 24.8 Å². The Bertz CT molecular complexity index is 468. The number of hydrogen-bond donors (Lipinski definition) is 1. The molecule has 1 saturated heterocycles. The zero-order valence-electron chi connectivity index (χ0n) is 13.2. The summed E-state index contributed by atoms with van der Waals surface area (Å²) < 4.78 is 6.16. The Morgan fingerprint density at radius 1 is 1.10 bits per heavy atom. The van der Waals surface area contributed by atoms with Crippen LogP contribution in [0, 0.1) is 6.92 Å². The average Bonchev–Trinajstić information content (AvgIpc) is 2.48. The number of benzene rings is 1. The van der Waals surface area contributed by atoms with Gasteiger partial charge in [0.1, 0.15) is 5.75 Å². The van der Waals surface area contributed by atoms with E-state index >= 15 is 0 Å². The van der Waals surface area contributed by atoms with Crippen molar-refractivity contribution in [2.45, 2.75) is 64.0 Å². The third kappa shape index (κ3) is 3.70. The van der Waals surface area contributed by atoms with Crippen LogP contribution in [0.25, 0.3) is 0 Å². The van der Waals surface area contributed by atoms with E-state index in [0.717, 1.165) is 25.3 Å². The summed E-state index contributed by atoms with van der Waals surface area (Å²) in [4.78, 5) is 2.42. The standard InChI is InChI=1S/C18H28N2O/c1-14-12-17(21-16-7-3-2-4-8-16)9-10-18(14)20-11-5-6-15(19)13-20/h9-10,12,15-16H,2-8,11,13,19H2,1H3. The molecule has 1 aromatic rings. The van der Waals surface area contributed by atoms with E-state index in [1.807, 2.05) is 0 Å². The van der Waals surface area contributed by atoms with Crippen LogP contribution in [0.4, 0.5) is 5.69 Å². The average molecular weight is 288 g/mol. The van der Waals surface area contributed by atoms with E-state index in [1.54, 1.807) is 0 Å². The highest BCUT2D eigenvalue weighted by atomic mass is 16.5. The molecule has 1 aliphatic heterocycles. The minimum Gasteiger partial charge on any atom is -0.490 e. The normalized spacial score (nSPS) is 24.1. The van der Waals surface area contributed by atoms with Crippen LogP contribution in [0.3, 0.4) is 0 Å². The van der Waals surface area contributed by atoms with Gasteiger partial charge in [-0.05, 0) is 69.2 Å². The topological polar surface area (TPSA) is 38.5 Å². The lowest BCUT2D eigenvalue weighted by Crippen LogP contribution is -2.43. The number of anilines is 1. The second-order valence-corrected chi connectivity index (χ2v) is 6.67. The molecule has 2 N–H and O–H groups in total. The van der Waals surface area contributed by atoms with Crippen LogP contribution in [-0.4, -0.2) is 25.2 Å². The van der Waals surface area contributed by atoms with E-state index in [0.29, 0.717) is 12.1 Å². The van der Waals surface area contributed by atoms with Gasteiger partial charge in [-0.3, -0.25) is 0 Å². The molecule has 116 valence electrons. The Kier molecular flexibility index (Phi) is 4.69. The van der Waals surface area contributed by atoms with Crippen LogP contribution >= 0.6 is 0 Å². The van der Waals surface area contributed by atoms with Crippen molar-refractivity contribution >= 4 is 5.69 Å². The van der Waals surface area contributed by atoms with Gasteiger partial charge in [-0.25, -0.2) is 0 Å². The molecule has 0 aromatic heterocycles. The maximum absolute atomic E-state index is 6.16. The Morgan fingerprint density at radius 2 is 1.90 bits per heavy atom. The number of piperidine rings is 1. The molecule has 21 heavy (non-hydrogen) atoms. The number of hydrogen-bond acceptors (Lipinski definition) is 3. The maximum Gasteiger partial charge on any atom is 0.120 e. The summed E-state index contributed by atoms with van der Waals surface area (Å²) in [6.07, 6.45) is 9.18. The van der Waals surface area contributed by atoms with E-state index in [-0.39, 0.29) is 0 Å². The van der Waals surface area contributed by atoms with Crippen LogP contribution in [0.2, 0.25) is 0 Å². The van der Waals surface area contributed by atoms with Crippen molar-refractivity contribution in [3.05, 3.63) is 23.8 Å². The largest absolute Gasteiger partial charge is 0.490 e. The van der Waals surface area contributed by atoms with Gasteiger partial charge >= 0.3 is 0 Å². The second-order valence-electron chi connectivity index (χ2n) is 6.67. The summed E-state index contributed by atoms with van der Waals surface area (Å²) in [6, 6.07) is 6.86. The van der Waals surface area contributed by atoms with Crippen molar-refractivity contribution in [1.29, 1.82) is 0 Å². The molecular weight excluding hydrogens is 260 g/mol. The zero-order valence-corrected chi connectivity index (χ0v) is 13.2. The summed E-state index contributed by atoms with van der Waals surface area (Å²) in [5.41, 5.74) is 8.72. The first-order valence-electron chi connectivity index (χ1n) is 8.50. The second kappa shape index (κ2) is 6.69. The van der Waals surface area contributed by atoms with Crippen LogP contribution in [0.15, 0.2) is 18.2 Å². The molecule has 1 saturated carbocycles. The molecule has 1 atom stereocenters. The maximum atomic E-state index is 6.16. The molecule has 0 bridgehead atoms. The van der Waals surface area contributed by atoms with Gasteiger partial charge in [0.15, 0.2) is 0 Å². The molecule has 1 aromatic carbocycles. The van der Waals surface area contributed by atoms with Crippen LogP contribution in [0.1, 0.15) is 50.5 Å². The highest BCUT2D eigenvalue weighted by Gasteiger charge is 2.19. The fourth-order valence-corrected chi connectivity index (χ4v) is 3.66. The van der Waals surface area contributed by atoms with Crippen LogP contribution in [0.5, 0.6) is 5.75 Å².